The van der Waals surface area contributed by atoms with Crippen molar-refractivity contribution >= 4 is 27.3 Å². The number of nitrogens with one attached hydrogen (secondary N) is 1. The lowest BCUT2D eigenvalue weighted by Gasteiger charge is -2.17. The Morgan fingerprint density at radius 1 is 1.10 bits per heavy atom. The van der Waals surface area contributed by atoms with E-state index in [0.29, 0.717) is 5.92 Å². The molecule has 1 N–H and O–H groups in total. The summed E-state index contributed by atoms with van der Waals surface area (Å²) in [5.74, 6) is 0.664. The van der Waals surface area contributed by atoms with Gasteiger partial charge in [-0.05, 0) is 78.4 Å². The van der Waals surface area contributed by atoms with E-state index in [9.17, 15) is 0 Å². The Balaban J connectivity index is 1.95. The minimum atomic E-state index is 0.664. The highest BCUT2D eigenvalue weighted by molar-refractivity contribution is 9.10. The smallest absolute Gasteiger partial charge is 0.0175 e. The first-order valence-corrected chi connectivity index (χ1v) is 8.97. The highest BCUT2D eigenvalue weighted by Gasteiger charge is 2.11. The van der Waals surface area contributed by atoms with Crippen LogP contribution in [-0.4, -0.2) is 13.1 Å². The van der Waals surface area contributed by atoms with Crippen molar-refractivity contribution in [2.24, 2.45) is 5.92 Å². The van der Waals surface area contributed by atoms with Crippen molar-refractivity contribution in [2.45, 2.75) is 26.2 Å². The zero-order chi connectivity index (χ0) is 14.2. The van der Waals surface area contributed by atoms with Gasteiger partial charge in [0.1, 0.15) is 0 Å². The number of hydrogen-bond acceptors (Lipinski definition) is 2. The summed E-state index contributed by atoms with van der Waals surface area (Å²) in [7, 11) is 0. The van der Waals surface area contributed by atoms with Crippen molar-refractivity contribution in [1.29, 1.82) is 0 Å². The van der Waals surface area contributed by atoms with Crippen LogP contribution in [0.3, 0.4) is 0 Å². The third kappa shape index (κ3) is 5.39. The normalized spacial score (nSPS) is 12.5. The van der Waals surface area contributed by atoms with E-state index in [0.717, 1.165) is 30.4 Å². The summed E-state index contributed by atoms with van der Waals surface area (Å²) in [4.78, 5) is 0. The van der Waals surface area contributed by atoms with E-state index in [1.54, 1.807) is 11.3 Å². The van der Waals surface area contributed by atoms with Gasteiger partial charge in [0.15, 0.2) is 0 Å². The molecule has 20 heavy (non-hydrogen) atoms. The lowest BCUT2D eigenvalue weighted by atomic mass is 9.93. The van der Waals surface area contributed by atoms with Gasteiger partial charge in [0.25, 0.3) is 0 Å². The Morgan fingerprint density at radius 3 is 2.50 bits per heavy atom. The summed E-state index contributed by atoms with van der Waals surface area (Å²) in [5, 5.41) is 8.02. The molecule has 0 fully saturated rings. The SMILES string of the molecule is CCCNCC(Cc1ccc(Br)cc1)Cc1ccsc1. The molecule has 0 saturated heterocycles. The van der Waals surface area contributed by atoms with E-state index in [1.165, 1.54) is 17.5 Å². The molecule has 1 atom stereocenters. The van der Waals surface area contributed by atoms with Gasteiger partial charge in [0.2, 0.25) is 0 Å². The van der Waals surface area contributed by atoms with Gasteiger partial charge in [-0.25, -0.2) is 0 Å². The first-order valence-electron chi connectivity index (χ1n) is 7.24. The number of thiophene rings is 1. The van der Waals surface area contributed by atoms with Crippen LogP contribution in [0.5, 0.6) is 0 Å². The van der Waals surface area contributed by atoms with E-state index < -0.39 is 0 Å². The Kier molecular flexibility index (Phi) is 6.77. The molecule has 1 heterocycles. The Labute approximate surface area is 134 Å². The third-order valence-corrected chi connectivity index (χ3v) is 4.66. The molecule has 1 nitrogen and oxygen atoms in total. The molecule has 0 aliphatic carbocycles. The van der Waals surface area contributed by atoms with Gasteiger partial charge in [-0.2, -0.15) is 11.3 Å². The Bertz CT molecular complexity index is 478. The molecule has 2 aromatic rings. The molecule has 1 unspecified atom stereocenters. The summed E-state index contributed by atoms with van der Waals surface area (Å²) in [6.45, 7) is 4.43. The molecular formula is C17H22BrNS. The quantitative estimate of drug-likeness (QED) is 0.666. The molecule has 0 amide bonds. The molecule has 1 aromatic carbocycles. The van der Waals surface area contributed by atoms with Crippen LogP contribution in [0.4, 0.5) is 0 Å². The second kappa shape index (κ2) is 8.60. The first kappa shape index (κ1) is 15.7. The summed E-state index contributed by atoms with van der Waals surface area (Å²) in [6.07, 6.45) is 3.50. The van der Waals surface area contributed by atoms with E-state index in [-0.39, 0.29) is 0 Å². The summed E-state index contributed by atoms with van der Waals surface area (Å²) < 4.78 is 1.15. The van der Waals surface area contributed by atoms with Crippen LogP contribution < -0.4 is 5.32 Å². The fraction of sp³-hybridized carbons (Fsp3) is 0.412. The molecule has 1 aromatic heterocycles. The number of rotatable bonds is 8. The Morgan fingerprint density at radius 2 is 1.85 bits per heavy atom. The van der Waals surface area contributed by atoms with Gasteiger partial charge in [-0.1, -0.05) is 35.0 Å². The zero-order valence-electron chi connectivity index (χ0n) is 11.9. The van der Waals surface area contributed by atoms with Gasteiger partial charge in [0, 0.05) is 4.47 Å². The van der Waals surface area contributed by atoms with Crippen LogP contribution in [0.25, 0.3) is 0 Å². The number of halogens is 1. The van der Waals surface area contributed by atoms with Crippen molar-refractivity contribution in [3.63, 3.8) is 0 Å². The van der Waals surface area contributed by atoms with Crippen LogP contribution in [0.2, 0.25) is 0 Å². The van der Waals surface area contributed by atoms with E-state index in [4.69, 9.17) is 0 Å². The molecule has 2 rings (SSSR count). The molecule has 3 heteroatoms. The minimum absolute atomic E-state index is 0.664. The van der Waals surface area contributed by atoms with Gasteiger partial charge in [-0.15, -0.1) is 0 Å². The van der Waals surface area contributed by atoms with Crippen molar-refractivity contribution in [2.75, 3.05) is 13.1 Å². The highest BCUT2D eigenvalue weighted by atomic mass is 79.9. The third-order valence-electron chi connectivity index (χ3n) is 3.40. The summed E-state index contributed by atoms with van der Waals surface area (Å²) in [5.41, 5.74) is 2.89. The van der Waals surface area contributed by atoms with Crippen molar-refractivity contribution < 1.29 is 0 Å². The highest BCUT2D eigenvalue weighted by Crippen LogP contribution is 2.18. The van der Waals surface area contributed by atoms with Crippen molar-refractivity contribution in [1.82, 2.24) is 5.32 Å². The topological polar surface area (TPSA) is 12.0 Å². The Hall–Kier alpha value is -0.640. The fourth-order valence-electron chi connectivity index (χ4n) is 2.40. The van der Waals surface area contributed by atoms with Crippen LogP contribution >= 0.6 is 27.3 Å². The maximum Gasteiger partial charge on any atom is 0.0175 e. The summed E-state index contributed by atoms with van der Waals surface area (Å²) >= 11 is 5.29. The largest absolute Gasteiger partial charge is 0.316 e. The first-order chi connectivity index (χ1) is 9.78. The fourth-order valence-corrected chi connectivity index (χ4v) is 3.34. The minimum Gasteiger partial charge on any atom is -0.316 e. The average molecular weight is 352 g/mol. The van der Waals surface area contributed by atoms with Gasteiger partial charge in [0.05, 0.1) is 0 Å². The number of hydrogen-bond donors (Lipinski definition) is 1. The molecule has 108 valence electrons. The average Bonchev–Trinajstić information content (AvgIpc) is 2.94. The zero-order valence-corrected chi connectivity index (χ0v) is 14.3. The van der Waals surface area contributed by atoms with E-state index in [1.807, 2.05) is 0 Å². The van der Waals surface area contributed by atoms with Gasteiger partial charge >= 0.3 is 0 Å². The van der Waals surface area contributed by atoms with Crippen molar-refractivity contribution in [3.8, 4) is 0 Å². The monoisotopic (exact) mass is 351 g/mol. The van der Waals surface area contributed by atoms with E-state index >= 15 is 0 Å². The van der Waals surface area contributed by atoms with Gasteiger partial charge < -0.3 is 5.32 Å². The van der Waals surface area contributed by atoms with Crippen LogP contribution in [-0.2, 0) is 12.8 Å². The molecular weight excluding hydrogens is 330 g/mol. The lowest BCUT2D eigenvalue weighted by Crippen LogP contribution is -2.26. The second-order valence-corrected chi connectivity index (χ2v) is 6.93. The number of benzene rings is 1. The van der Waals surface area contributed by atoms with Crippen LogP contribution in [0.1, 0.15) is 24.5 Å². The molecule has 0 aliphatic rings. The molecule has 0 saturated carbocycles. The standard InChI is InChI=1S/C17H22BrNS/c1-2-8-19-12-16(11-15-7-9-20-13-15)10-14-3-5-17(18)6-4-14/h3-7,9,13,16,19H,2,8,10-12H2,1H3. The van der Waals surface area contributed by atoms with Crippen LogP contribution in [0.15, 0.2) is 45.6 Å². The van der Waals surface area contributed by atoms with E-state index in [2.05, 4.69) is 69.3 Å². The van der Waals surface area contributed by atoms with Gasteiger partial charge in [-0.3, -0.25) is 0 Å². The molecule has 0 aliphatic heterocycles. The molecule has 0 bridgehead atoms. The summed E-state index contributed by atoms with van der Waals surface area (Å²) in [6, 6.07) is 11.0. The molecule has 0 radical (unpaired) electrons. The lowest BCUT2D eigenvalue weighted by molar-refractivity contribution is 0.471. The second-order valence-electron chi connectivity index (χ2n) is 5.24. The predicted molar refractivity (Wildman–Crippen MR) is 92.5 cm³/mol. The maximum atomic E-state index is 3.57. The predicted octanol–water partition coefficient (Wildman–Crippen LogP) is 4.91. The van der Waals surface area contributed by atoms with Crippen molar-refractivity contribution in [3.05, 3.63) is 56.7 Å². The molecule has 0 spiro atoms. The van der Waals surface area contributed by atoms with Crippen LogP contribution in [0, 0.1) is 5.92 Å². The maximum absolute atomic E-state index is 3.57.